The Kier molecular flexibility index (Phi) is 5.01. The van der Waals surface area contributed by atoms with Gasteiger partial charge in [0.05, 0.1) is 29.1 Å². The Balaban J connectivity index is 1.29. The maximum Gasteiger partial charge on any atom is 0.246 e. The lowest BCUT2D eigenvalue weighted by molar-refractivity contribution is 0.271. The molecule has 4 aromatic rings. The van der Waals surface area contributed by atoms with Gasteiger partial charge in [0.1, 0.15) is 10.7 Å². The van der Waals surface area contributed by atoms with Crippen LogP contribution >= 0.6 is 0 Å². The molecule has 0 amide bonds. The highest BCUT2D eigenvalue weighted by Crippen LogP contribution is 2.48. The molecule has 6 rings (SSSR count). The highest BCUT2D eigenvalue weighted by atomic mass is 32.2. The van der Waals surface area contributed by atoms with Crippen LogP contribution in [0.2, 0.25) is 0 Å². The minimum atomic E-state index is -3.59. The number of halogens is 1. The molecule has 1 saturated heterocycles. The minimum absolute atomic E-state index is 0.268. The van der Waals surface area contributed by atoms with Crippen molar-refractivity contribution < 1.29 is 12.8 Å². The molecule has 0 radical (unpaired) electrons. The van der Waals surface area contributed by atoms with Crippen LogP contribution in [0.25, 0.3) is 16.6 Å². The number of hydrogen-bond donors (Lipinski definition) is 0. The second kappa shape index (κ2) is 7.89. The van der Waals surface area contributed by atoms with E-state index in [1.54, 1.807) is 27.3 Å². The van der Waals surface area contributed by atoms with Gasteiger partial charge < -0.3 is 4.90 Å². The molecule has 0 bridgehead atoms. The van der Waals surface area contributed by atoms with E-state index in [9.17, 15) is 12.8 Å². The van der Waals surface area contributed by atoms with Crippen molar-refractivity contribution in [2.45, 2.75) is 43.7 Å². The number of fused-ring (bicyclic) bond motifs is 1. The molecule has 0 atom stereocenters. The Hall–Kier alpha value is -3.24. The summed E-state index contributed by atoms with van der Waals surface area (Å²) in [5.74, 6) is -0.280. The van der Waals surface area contributed by atoms with Crippen LogP contribution in [0.1, 0.15) is 25.3 Å². The Morgan fingerprint density at radius 2 is 1.83 bits per heavy atom. The Morgan fingerprint density at radius 1 is 1.06 bits per heavy atom. The summed E-state index contributed by atoms with van der Waals surface area (Å²) in [5.41, 5.74) is 3.57. The molecule has 2 aliphatic rings. The van der Waals surface area contributed by atoms with Crippen molar-refractivity contribution >= 4 is 26.6 Å². The number of benzene rings is 2. The second-order valence-corrected chi connectivity index (χ2v) is 11.3. The van der Waals surface area contributed by atoms with Crippen molar-refractivity contribution in [2.24, 2.45) is 0 Å². The fourth-order valence-corrected chi connectivity index (χ4v) is 6.93. The van der Waals surface area contributed by atoms with Gasteiger partial charge in [-0.3, -0.25) is 4.68 Å². The fraction of sp³-hybridized carbons (Fsp3) is 0.360. The van der Waals surface area contributed by atoms with E-state index in [4.69, 9.17) is 0 Å². The Morgan fingerprint density at radius 3 is 2.51 bits per heavy atom. The highest BCUT2D eigenvalue weighted by Gasteiger charge is 2.56. The van der Waals surface area contributed by atoms with Gasteiger partial charge in [-0.1, -0.05) is 0 Å². The SMILES string of the molecule is CCn1cc(S(=O)(=O)N2CCN(c3cc4cnn(-c5ccc(F)cc5)c4cc3C)CC23CC3)cn1. The fourth-order valence-electron chi connectivity index (χ4n) is 5.17. The van der Waals surface area contributed by atoms with Crippen LogP contribution in [0.5, 0.6) is 0 Å². The first-order valence-corrected chi connectivity index (χ1v) is 13.3. The number of aromatic nitrogens is 4. The predicted octanol–water partition coefficient (Wildman–Crippen LogP) is 3.73. The lowest BCUT2D eigenvalue weighted by Gasteiger charge is -2.42. The van der Waals surface area contributed by atoms with E-state index in [0.29, 0.717) is 26.2 Å². The van der Waals surface area contributed by atoms with Crippen LogP contribution in [-0.2, 0) is 16.6 Å². The molecule has 1 aliphatic heterocycles. The number of rotatable bonds is 5. The van der Waals surface area contributed by atoms with Gasteiger partial charge in [-0.25, -0.2) is 17.5 Å². The summed E-state index contributed by atoms with van der Waals surface area (Å²) in [6, 6.07) is 10.5. The van der Waals surface area contributed by atoms with Crippen LogP contribution in [0, 0.1) is 12.7 Å². The summed E-state index contributed by atoms with van der Waals surface area (Å²) < 4.78 is 45.4. The zero-order valence-corrected chi connectivity index (χ0v) is 20.5. The van der Waals surface area contributed by atoms with Crippen LogP contribution in [0.4, 0.5) is 10.1 Å². The number of aryl methyl sites for hydroxylation is 2. The van der Waals surface area contributed by atoms with E-state index < -0.39 is 10.0 Å². The average Bonchev–Trinajstić information content (AvgIpc) is 3.25. The zero-order valence-electron chi connectivity index (χ0n) is 19.7. The van der Waals surface area contributed by atoms with Crippen molar-refractivity contribution in [3.63, 3.8) is 0 Å². The topological polar surface area (TPSA) is 76.3 Å². The molecule has 1 saturated carbocycles. The molecule has 3 heterocycles. The van der Waals surface area contributed by atoms with Crippen LogP contribution in [0.15, 0.2) is 59.9 Å². The number of anilines is 1. The third-order valence-corrected chi connectivity index (χ3v) is 9.19. The summed E-state index contributed by atoms with van der Waals surface area (Å²) >= 11 is 0. The van der Waals surface area contributed by atoms with Gasteiger partial charge in [-0.05, 0) is 68.7 Å². The molecule has 0 unspecified atom stereocenters. The summed E-state index contributed by atoms with van der Waals surface area (Å²) in [6.45, 7) is 6.35. The summed E-state index contributed by atoms with van der Waals surface area (Å²) in [4.78, 5) is 2.57. The molecule has 2 aromatic carbocycles. The number of sulfonamides is 1. The van der Waals surface area contributed by atoms with Crippen LogP contribution < -0.4 is 4.90 Å². The normalized spacial score (nSPS) is 18.0. The number of piperazine rings is 1. The second-order valence-electron chi connectivity index (χ2n) is 9.49. The van der Waals surface area contributed by atoms with E-state index in [1.807, 2.05) is 17.8 Å². The largest absolute Gasteiger partial charge is 0.368 e. The lowest BCUT2D eigenvalue weighted by atomic mass is 10.1. The van der Waals surface area contributed by atoms with E-state index >= 15 is 0 Å². The Labute approximate surface area is 203 Å². The van der Waals surface area contributed by atoms with Gasteiger partial charge in [-0.2, -0.15) is 14.5 Å². The van der Waals surface area contributed by atoms with Gasteiger partial charge in [0, 0.05) is 43.4 Å². The Bertz CT molecular complexity index is 1520. The number of hydrogen-bond acceptors (Lipinski definition) is 5. The maximum absolute atomic E-state index is 13.4. The van der Waals surface area contributed by atoms with Crippen molar-refractivity contribution in [3.8, 4) is 5.69 Å². The first-order valence-electron chi connectivity index (χ1n) is 11.9. The van der Waals surface area contributed by atoms with Crippen LogP contribution in [0.3, 0.4) is 0 Å². The van der Waals surface area contributed by atoms with Gasteiger partial charge >= 0.3 is 0 Å². The first-order chi connectivity index (χ1) is 16.8. The maximum atomic E-state index is 13.4. The summed E-state index contributed by atoms with van der Waals surface area (Å²) in [6.07, 6.45) is 6.61. The molecular weight excluding hydrogens is 467 g/mol. The number of nitrogens with zero attached hydrogens (tertiary/aromatic N) is 6. The molecule has 0 N–H and O–H groups in total. The van der Waals surface area contributed by atoms with Crippen LogP contribution in [-0.4, -0.2) is 57.5 Å². The quantitative estimate of drug-likeness (QED) is 0.423. The molecule has 35 heavy (non-hydrogen) atoms. The average molecular weight is 495 g/mol. The van der Waals surface area contributed by atoms with Gasteiger partial charge in [-0.15, -0.1) is 0 Å². The van der Waals surface area contributed by atoms with E-state index in [2.05, 4.69) is 34.2 Å². The molecule has 10 heteroatoms. The van der Waals surface area contributed by atoms with E-state index in [0.717, 1.165) is 40.7 Å². The molecule has 182 valence electrons. The van der Waals surface area contributed by atoms with E-state index in [-0.39, 0.29) is 16.3 Å². The summed E-state index contributed by atoms with van der Waals surface area (Å²) in [7, 11) is -3.59. The van der Waals surface area contributed by atoms with Crippen molar-refractivity contribution in [2.75, 3.05) is 24.5 Å². The zero-order chi connectivity index (χ0) is 24.4. The summed E-state index contributed by atoms with van der Waals surface area (Å²) in [5, 5.41) is 9.69. The minimum Gasteiger partial charge on any atom is -0.368 e. The molecule has 2 fully saturated rings. The van der Waals surface area contributed by atoms with Gasteiger partial charge in [0.25, 0.3) is 0 Å². The molecular formula is C25H27FN6O2S. The molecule has 2 aromatic heterocycles. The smallest absolute Gasteiger partial charge is 0.246 e. The van der Waals surface area contributed by atoms with Gasteiger partial charge in [0.15, 0.2) is 0 Å². The first kappa shape index (κ1) is 22.2. The van der Waals surface area contributed by atoms with Crippen molar-refractivity contribution in [1.82, 2.24) is 23.9 Å². The highest BCUT2D eigenvalue weighted by molar-refractivity contribution is 7.89. The standard InChI is InChI=1S/C25H27FN6O2S/c1-3-30-16-22(15-27-30)35(33,34)31-11-10-29(17-25(31)8-9-25)23-13-19-14-28-32(24(19)12-18(23)2)21-6-4-20(26)5-7-21/h4-7,12-16H,3,8-11,17H2,1-2H3. The van der Waals surface area contributed by atoms with Gasteiger partial charge in [0.2, 0.25) is 10.0 Å². The predicted molar refractivity (Wildman–Crippen MR) is 132 cm³/mol. The van der Waals surface area contributed by atoms with Crippen molar-refractivity contribution in [3.05, 3.63) is 66.4 Å². The van der Waals surface area contributed by atoms with Crippen molar-refractivity contribution in [1.29, 1.82) is 0 Å². The van der Waals surface area contributed by atoms with E-state index in [1.165, 1.54) is 18.3 Å². The lowest BCUT2D eigenvalue weighted by Crippen LogP contribution is -2.57. The molecule has 1 aliphatic carbocycles. The molecule has 1 spiro atoms. The molecule has 8 nitrogen and oxygen atoms in total. The monoisotopic (exact) mass is 494 g/mol. The third kappa shape index (κ3) is 3.63. The third-order valence-electron chi connectivity index (χ3n) is 7.23.